The Morgan fingerprint density at radius 3 is 2.45 bits per heavy atom. The molecule has 12 heteroatoms. The van der Waals surface area contributed by atoms with Gasteiger partial charge in [0.2, 0.25) is 5.71 Å². The van der Waals surface area contributed by atoms with Gasteiger partial charge in [-0.25, -0.2) is 12.8 Å². The number of anilines is 1. The van der Waals surface area contributed by atoms with Crippen LogP contribution in [0.15, 0.2) is 28.2 Å². The molecule has 0 spiro atoms. The predicted octanol–water partition coefficient (Wildman–Crippen LogP) is 1.35. The molecule has 0 aliphatic heterocycles. The fraction of sp³-hybridized carbons (Fsp3) is 0.100. The van der Waals surface area contributed by atoms with Gasteiger partial charge in [0.15, 0.2) is 5.84 Å². The van der Waals surface area contributed by atoms with E-state index in [2.05, 4.69) is 5.10 Å². The van der Waals surface area contributed by atoms with Crippen LogP contribution in [0.3, 0.4) is 0 Å². The normalized spacial score (nSPS) is 12.6. The monoisotopic (exact) mass is 337 g/mol. The third-order valence-electron chi connectivity index (χ3n) is 2.19. The molecule has 0 heterocycles. The number of nitrogens with zero attached hydrogens (tertiary/aromatic N) is 2. The van der Waals surface area contributed by atoms with Gasteiger partial charge in [-0.2, -0.15) is 23.5 Å². The summed E-state index contributed by atoms with van der Waals surface area (Å²) >= 11 is 0. The molecule has 1 aromatic carbocycles. The maximum Gasteiger partial charge on any atom is 0.501 e. The van der Waals surface area contributed by atoms with Crippen molar-refractivity contribution in [1.29, 1.82) is 10.7 Å². The summed E-state index contributed by atoms with van der Waals surface area (Å²) in [6.07, 6.45) is 0. The Bertz CT molecular complexity index is 779. The molecule has 1 aromatic rings. The number of amidine groups is 1. The highest BCUT2D eigenvalue weighted by molar-refractivity contribution is 7.92. The highest BCUT2D eigenvalue weighted by atomic mass is 32.2. The van der Waals surface area contributed by atoms with Crippen molar-refractivity contribution < 1.29 is 26.0 Å². The van der Waals surface area contributed by atoms with E-state index in [1.807, 2.05) is 5.43 Å². The number of nitrogens with one attached hydrogen (secondary N) is 2. The van der Waals surface area contributed by atoms with Crippen LogP contribution in [0.1, 0.15) is 0 Å². The minimum atomic E-state index is -5.84. The second-order valence-corrected chi connectivity index (χ2v) is 5.60. The Morgan fingerprint density at radius 2 is 2.00 bits per heavy atom. The molecule has 0 aliphatic rings. The second kappa shape index (κ2) is 5.98. The van der Waals surface area contributed by atoms with Crippen LogP contribution >= 0.6 is 0 Å². The number of sulfone groups is 1. The number of rotatable bonds is 4. The van der Waals surface area contributed by atoms with E-state index in [0.717, 1.165) is 0 Å². The van der Waals surface area contributed by atoms with E-state index in [9.17, 15) is 26.0 Å². The molecule has 0 amide bonds. The summed E-state index contributed by atoms with van der Waals surface area (Å²) < 4.78 is 73.4. The van der Waals surface area contributed by atoms with Crippen LogP contribution in [0.2, 0.25) is 0 Å². The van der Waals surface area contributed by atoms with Crippen LogP contribution in [-0.2, 0) is 9.84 Å². The van der Waals surface area contributed by atoms with Crippen LogP contribution in [0.25, 0.3) is 0 Å². The Kier molecular flexibility index (Phi) is 4.72. The van der Waals surface area contributed by atoms with Gasteiger partial charge < -0.3 is 5.73 Å². The first-order chi connectivity index (χ1) is 10.0. The van der Waals surface area contributed by atoms with E-state index >= 15 is 0 Å². The van der Waals surface area contributed by atoms with Crippen LogP contribution in [0.5, 0.6) is 0 Å². The molecule has 0 fully saturated rings. The first kappa shape index (κ1) is 17.4. The van der Waals surface area contributed by atoms with Crippen molar-refractivity contribution in [2.45, 2.75) is 10.4 Å². The van der Waals surface area contributed by atoms with Crippen molar-refractivity contribution in [3.8, 4) is 6.07 Å². The fourth-order valence-corrected chi connectivity index (χ4v) is 2.12. The van der Waals surface area contributed by atoms with Crippen LogP contribution in [0, 0.1) is 22.6 Å². The van der Waals surface area contributed by atoms with E-state index in [4.69, 9.17) is 16.4 Å². The lowest BCUT2D eigenvalue weighted by Crippen LogP contribution is -2.25. The zero-order valence-corrected chi connectivity index (χ0v) is 11.3. The van der Waals surface area contributed by atoms with Crippen LogP contribution in [-0.4, -0.2) is 25.5 Å². The lowest BCUT2D eigenvalue weighted by Gasteiger charge is -2.12. The van der Waals surface area contributed by atoms with Crippen molar-refractivity contribution in [3.63, 3.8) is 0 Å². The average molecular weight is 337 g/mol. The molecule has 0 aromatic heterocycles. The number of nitriles is 1. The first-order valence-corrected chi connectivity index (χ1v) is 6.68. The van der Waals surface area contributed by atoms with Gasteiger partial charge >= 0.3 is 5.51 Å². The van der Waals surface area contributed by atoms with Gasteiger partial charge in [0, 0.05) is 0 Å². The molecule has 0 saturated carbocycles. The molecule has 0 atom stereocenters. The summed E-state index contributed by atoms with van der Waals surface area (Å²) in [5.74, 6) is -2.01. The van der Waals surface area contributed by atoms with Gasteiger partial charge in [-0.1, -0.05) is 0 Å². The van der Waals surface area contributed by atoms with Crippen molar-refractivity contribution in [1.82, 2.24) is 0 Å². The number of benzene rings is 1. The summed E-state index contributed by atoms with van der Waals surface area (Å²) in [5.41, 5.74) is -0.267. The van der Waals surface area contributed by atoms with E-state index in [0.29, 0.717) is 12.1 Å². The van der Waals surface area contributed by atoms with Crippen LogP contribution < -0.4 is 11.2 Å². The quantitative estimate of drug-likeness (QED) is 0.330. The molecule has 0 saturated heterocycles. The molecule has 0 unspecified atom stereocenters. The molecule has 7 nitrogen and oxygen atoms in total. The zero-order chi connectivity index (χ0) is 17.1. The number of hydrogen-bond donors (Lipinski definition) is 3. The number of hydrazone groups is 1. The maximum absolute atomic E-state index is 13.1. The number of halogens is 4. The Balaban J connectivity index is 3.42. The Hall–Kier alpha value is -2.68. The Morgan fingerprint density at radius 1 is 1.41 bits per heavy atom. The minimum Gasteiger partial charge on any atom is -0.382 e. The first-order valence-electron chi connectivity index (χ1n) is 5.20. The smallest absolute Gasteiger partial charge is 0.382 e. The molecule has 4 N–H and O–H groups in total. The summed E-state index contributed by atoms with van der Waals surface area (Å²) in [5, 5.41) is 18.7. The van der Waals surface area contributed by atoms with Crippen LogP contribution in [0.4, 0.5) is 23.2 Å². The van der Waals surface area contributed by atoms with E-state index in [1.165, 1.54) is 6.07 Å². The Labute approximate surface area is 121 Å². The maximum atomic E-state index is 13.1. The van der Waals surface area contributed by atoms with E-state index in [1.54, 1.807) is 0 Å². The van der Waals surface area contributed by atoms with Crippen molar-refractivity contribution in [2.24, 2.45) is 10.8 Å². The van der Waals surface area contributed by atoms with E-state index in [-0.39, 0.29) is 6.07 Å². The lowest BCUT2D eigenvalue weighted by atomic mass is 10.3. The molecule has 22 heavy (non-hydrogen) atoms. The SMILES string of the molecule is N#C/C(=N\Nc1ccc(F)cc1S(=O)(=O)C(F)(F)F)C(=N)N. The van der Waals surface area contributed by atoms with E-state index < -0.39 is 43.3 Å². The van der Waals surface area contributed by atoms with Crippen molar-refractivity contribution in [3.05, 3.63) is 24.0 Å². The fourth-order valence-electron chi connectivity index (χ4n) is 1.20. The minimum absolute atomic E-state index is 0.153. The highest BCUT2D eigenvalue weighted by Gasteiger charge is 2.48. The third-order valence-corrected chi connectivity index (χ3v) is 3.71. The molecule has 0 radical (unpaired) electrons. The number of nitrogens with two attached hydrogens (primary N) is 1. The predicted molar refractivity (Wildman–Crippen MR) is 68.2 cm³/mol. The van der Waals surface area contributed by atoms with Crippen molar-refractivity contribution in [2.75, 3.05) is 5.43 Å². The van der Waals surface area contributed by atoms with Crippen molar-refractivity contribution >= 4 is 27.1 Å². The standard InChI is InChI=1S/C10H7F4N5O2S/c11-5-1-2-6(18-19-7(4-15)9(16)17)8(3-5)22(20,21)10(12,13)14/h1-3,18H,(H3,16,17)/b19-7+. The van der Waals surface area contributed by atoms with Gasteiger partial charge in [0.05, 0.1) is 5.69 Å². The molecule has 0 aliphatic carbocycles. The van der Waals surface area contributed by atoms with Gasteiger partial charge in [-0.3, -0.25) is 10.8 Å². The highest BCUT2D eigenvalue weighted by Crippen LogP contribution is 2.34. The number of alkyl halides is 3. The zero-order valence-electron chi connectivity index (χ0n) is 10.4. The van der Waals surface area contributed by atoms with Gasteiger partial charge in [-0.15, -0.1) is 0 Å². The largest absolute Gasteiger partial charge is 0.501 e. The summed E-state index contributed by atoms with van der Waals surface area (Å²) in [7, 11) is -5.84. The average Bonchev–Trinajstić information content (AvgIpc) is 2.39. The lowest BCUT2D eigenvalue weighted by molar-refractivity contribution is -0.0435. The second-order valence-electron chi connectivity index (χ2n) is 3.69. The third kappa shape index (κ3) is 3.50. The van der Waals surface area contributed by atoms with Gasteiger partial charge in [-0.05, 0) is 18.2 Å². The van der Waals surface area contributed by atoms with Gasteiger partial charge in [0.1, 0.15) is 16.8 Å². The molecular weight excluding hydrogens is 330 g/mol. The molecule has 0 bridgehead atoms. The summed E-state index contributed by atoms with van der Waals surface area (Å²) in [4.78, 5) is -1.41. The molecular formula is C10H7F4N5O2S. The topological polar surface area (TPSA) is 132 Å². The molecule has 118 valence electrons. The summed E-state index contributed by atoms with van der Waals surface area (Å²) in [6.45, 7) is 0. The molecule has 1 rings (SSSR count). The van der Waals surface area contributed by atoms with Gasteiger partial charge in [0.25, 0.3) is 9.84 Å². The number of hydrogen-bond acceptors (Lipinski definition) is 6. The summed E-state index contributed by atoms with van der Waals surface area (Å²) in [6, 6.07) is 2.89.